The number of nitrogens with zero attached hydrogens (tertiary/aromatic N) is 2. The summed E-state index contributed by atoms with van der Waals surface area (Å²) in [6.45, 7) is 0. The fourth-order valence-corrected chi connectivity index (χ4v) is 1.91. The first-order valence-electron chi connectivity index (χ1n) is 3.97. The van der Waals surface area contributed by atoms with Gasteiger partial charge in [-0.2, -0.15) is 0 Å². The van der Waals surface area contributed by atoms with Crippen molar-refractivity contribution in [3.8, 4) is 11.5 Å². The van der Waals surface area contributed by atoms with Crippen molar-refractivity contribution in [2.75, 3.05) is 0 Å². The Balaban J connectivity index is 2.68. The van der Waals surface area contributed by atoms with Gasteiger partial charge in [0.15, 0.2) is 0 Å². The van der Waals surface area contributed by atoms with Crippen molar-refractivity contribution in [2.24, 2.45) is 5.14 Å². The van der Waals surface area contributed by atoms with Crippen LogP contribution in [0.1, 0.15) is 0 Å². The largest absolute Gasteiger partial charge is 0.423 e. The molecular formula is C8H7N3O3S. The fraction of sp³-hybridized carbons (Fsp3) is 0. The van der Waals surface area contributed by atoms with Gasteiger partial charge in [0.2, 0.25) is 22.3 Å². The van der Waals surface area contributed by atoms with Crippen molar-refractivity contribution in [2.45, 2.75) is 4.90 Å². The van der Waals surface area contributed by atoms with E-state index in [0.29, 0.717) is 5.56 Å². The predicted molar refractivity (Wildman–Crippen MR) is 51.1 cm³/mol. The van der Waals surface area contributed by atoms with E-state index < -0.39 is 10.0 Å². The minimum absolute atomic E-state index is 0.0331. The van der Waals surface area contributed by atoms with Crippen LogP contribution in [0.3, 0.4) is 0 Å². The van der Waals surface area contributed by atoms with Crippen LogP contribution >= 0.6 is 0 Å². The highest BCUT2D eigenvalue weighted by Gasteiger charge is 2.17. The summed E-state index contributed by atoms with van der Waals surface area (Å²) in [4.78, 5) is -0.0331. The molecule has 78 valence electrons. The molecule has 2 N–H and O–H groups in total. The van der Waals surface area contributed by atoms with Gasteiger partial charge in [-0.05, 0) is 12.1 Å². The molecule has 6 nitrogen and oxygen atoms in total. The van der Waals surface area contributed by atoms with Crippen LogP contribution in [0.4, 0.5) is 0 Å². The summed E-state index contributed by atoms with van der Waals surface area (Å²) in [6, 6.07) is 6.16. The maximum Gasteiger partial charge on any atom is 0.248 e. The molecule has 1 heterocycles. The van der Waals surface area contributed by atoms with Gasteiger partial charge in [0.1, 0.15) is 0 Å². The van der Waals surface area contributed by atoms with Gasteiger partial charge < -0.3 is 4.42 Å². The van der Waals surface area contributed by atoms with E-state index in [2.05, 4.69) is 10.2 Å². The summed E-state index contributed by atoms with van der Waals surface area (Å²) in [7, 11) is -3.79. The van der Waals surface area contributed by atoms with Crippen LogP contribution in [0.25, 0.3) is 11.5 Å². The molecule has 0 amide bonds. The lowest BCUT2D eigenvalue weighted by Crippen LogP contribution is -2.13. The molecule has 0 radical (unpaired) electrons. The van der Waals surface area contributed by atoms with Crippen LogP contribution in [0, 0.1) is 0 Å². The number of sulfonamides is 1. The Hall–Kier alpha value is -1.73. The monoisotopic (exact) mass is 225 g/mol. The normalized spacial score (nSPS) is 11.5. The Labute approximate surface area is 85.8 Å². The summed E-state index contributed by atoms with van der Waals surface area (Å²) in [5.74, 6) is 0.125. The first-order valence-corrected chi connectivity index (χ1v) is 5.52. The molecule has 0 aliphatic carbocycles. The highest BCUT2D eigenvalue weighted by atomic mass is 32.2. The highest BCUT2D eigenvalue weighted by molar-refractivity contribution is 7.89. The van der Waals surface area contributed by atoms with Crippen molar-refractivity contribution < 1.29 is 12.8 Å². The zero-order valence-electron chi connectivity index (χ0n) is 7.49. The van der Waals surface area contributed by atoms with Gasteiger partial charge in [-0.15, -0.1) is 10.2 Å². The third kappa shape index (κ3) is 1.88. The van der Waals surface area contributed by atoms with E-state index in [4.69, 9.17) is 9.56 Å². The fourth-order valence-electron chi connectivity index (χ4n) is 1.18. The smallest absolute Gasteiger partial charge is 0.248 e. The molecule has 1 aromatic carbocycles. The summed E-state index contributed by atoms with van der Waals surface area (Å²) >= 11 is 0. The lowest BCUT2D eigenvalue weighted by atomic mass is 10.2. The van der Waals surface area contributed by atoms with Gasteiger partial charge in [0.25, 0.3) is 0 Å². The molecule has 2 aromatic rings. The van der Waals surface area contributed by atoms with Crippen LogP contribution in [0.2, 0.25) is 0 Å². The number of primary sulfonamides is 1. The molecule has 0 saturated heterocycles. The van der Waals surface area contributed by atoms with Gasteiger partial charge in [0.05, 0.1) is 10.5 Å². The quantitative estimate of drug-likeness (QED) is 0.796. The second-order valence-corrected chi connectivity index (χ2v) is 4.31. The van der Waals surface area contributed by atoms with Crippen LogP contribution < -0.4 is 5.14 Å². The van der Waals surface area contributed by atoms with E-state index in [1.54, 1.807) is 18.2 Å². The van der Waals surface area contributed by atoms with Crippen molar-refractivity contribution in [3.05, 3.63) is 30.7 Å². The van der Waals surface area contributed by atoms with Gasteiger partial charge in [-0.3, -0.25) is 0 Å². The maximum atomic E-state index is 11.2. The molecule has 7 heteroatoms. The average molecular weight is 225 g/mol. The van der Waals surface area contributed by atoms with Crippen molar-refractivity contribution >= 4 is 10.0 Å². The molecule has 2 rings (SSSR count). The predicted octanol–water partition coefficient (Wildman–Crippen LogP) is 0.384. The average Bonchev–Trinajstić information content (AvgIpc) is 2.69. The van der Waals surface area contributed by atoms with E-state index in [-0.39, 0.29) is 10.8 Å². The minimum Gasteiger partial charge on any atom is -0.423 e. The molecule has 1 aromatic heterocycles. The molecule has 15 heavy (non-hydrogen) atoms. The Morgan fingerprint density at radius 1 is 1.27 bits per heavy atom. The molecule has 0 spiro atoms. The second-order valence-electron chi connectivity index (χ2n) is 2.79. The van der Waals surface area contributed by atoms with Gasteiger partial charge in [-0.25, -0.2) is 13.6 Å². The first kappa shape index (κ1) is 9.81. The van der Waals surface area contributed by atoms with E-state index in [0.717, 1.165) is 6.39 Å². The number of aromatic nitrogens is 2. The van der Waals surface area contributed by atoms with Crippen molar-refractivity contribution in [3.63, 3.8) is 0 Å². The Bertz CT molecular complexity index is 563. The summed E-state index contributed by atoms with van der Waals surface area (Å²) in [5.41, 5.74) is 0.303. The maximum absolute atomic E-state index is 11.2. The lowest BCUT2D eigenvalue weighted by Gasteiger charge is -2.02. The number of rotatable bonds is 2. The highest BCUT2D eigenvalue weighted by Crippen LogP contribution is 2.23. The number of nitrogens with two attached hydrogens (primary N) is 1. The Kier molecular flexibility index (Phi) is 2.25. The molecule has 0 atom stereocenters. The van der Waals surface area contributed by atoms with E-state index in [1.165, 1.54) is 6.07 Å². The second kappa shape index (κ2) is 3.44. The molecule has 0 saturated carbocycles. The van der Waals surface area contributed by atoms with Gasteiger partial charge in [-0.1, -0.05) is 12.1 Å². The SMILES string of the molecule is NS(=O)(=O)c1ccccc1-c1nnco1. The minimum atomic E-state index is -3.79. The van der Waals surface area contributed by atoms with Gasteiger partial charge in [0, 0.05) is 0 Å². The van der Waals surface area contributed by atoms with Gasteiger partial charge >= 0.3 is 0 Å². The van der Waals surface area contributed by atoms with Crippen LogP contribution in [-0.4, -0.2) is 18.6 Å². The third-order valence-electron chi connectivity index (χ3n) is 1.78. The summed E-state index contributed by atoms with van der Waals surface area (Å²) in [6.07, 6.45) is 1.12. The molecule has 0 fully saturated rings. The first-order chi connectivity index (χ1) is 7.09. The molecule has 0 aliphatic heterocycles. The molecule has 0 aliphatic rings. The van der Waals surface area contributed by atoms with Crippen LogP contribution in [-0.2, 0) is 10.0 Å². The molecular weight excluding hydrogens is 218 g/mol. The van der Waals surface area contributed by atoms with Crippen LogP contribution in [0.5, 0.6) is 0 Å². The topological polar surface area (TPSA) is 99.1 Å². The third-order valence-corrected chi connectivity index (χ3v) is 2.75. The Morgan fingerprint density at radius 2 is 2.00 bits per heavy atom. The summed E-state index contributed by atoms with van der Waals surface area (Å²) in [5, 5.41) is 12.1. The van der Waals surface area contributed by atoms with E-state index >= 15 is 0 Å². The molecule has 0 unspecified atom stereocenters. The van der Waals surface area contributed by atoms with E-state index in [9.17, 15) is 8.42 Å². The van der Waals surface area contributed by atoms with E-state index in [1.807, 2.05) is 0 Å². The van der Waals surface area contributed by atoms with Crippen LogP contribution in [0.15, 0.2) is 40.0 Å². The van der Waals surface area contributed by atoms with Crippen molar-refractivity contribution in [1.82, 2.24) is 10.2 Å². The number of benzene rings is 1. The number of hydrogen-bond acceptors (Lipinski definition) is 5. The summed E-state index contributed by atoms with van der Waals surface area (Å²) < 4.78 is 27.4. The van der Waals surface area contributed by atoms with Crippen molar-refractivity contribution in [1.29, 1.82) is 0 Å². The zero-order chi connectivity index (χ0) is 10.9. The Morgan fingerprint density at radius 3 is 2.60 bits per heavy atom. The zero-order valence-corrected chi connectivity index (χ0v) is 8.31. The standard InChI is InChI=1S/C8H7N3O3S/c9-15(12,13)7-4-2-1-3-6(7)8-11-10-5-14-8/h1-5H,(H2,9,12,13). The number of hydrogen-bond donors (Lipinski definition) is 1. The molecule has 0 bridgehead atoms. The lowest BCUT2D eigenvalue weighted by molar-refractivity contribution is 0.565.